The number of rotatable bonds is 4. The molecule has 0 aliphatic carbocycles. The molecule has 1 heterocycles. The molecule has 2 aromatic carbocycles. The Bertz CT molecular complexity index is 886. The summed E-state index contributed by atoms with van der Waals surface area (Å²) in [7, 11) is 1.46. The average molecular weight is 322 g/mol. The van der Waals surface area contributed by atoms with Crippen molar-refractivity contribution in [3.8, 4) is 5.75 Å². The molecule has 122 valence electrons. The Labute approximate surface area is 139 Å². The molecule has 3 rings (SSSR count). The summed E-state index contributed by atoms with van der Waals surface area (Å²) in [6.45, 7) is 0.440. The Kier molecular flexibility index (Phi) is 4.20. The number of hydrogen-bond acceptors (Lipinski definition) is 3. The molecule has 0 saturated heterocycles. The highest BCUT2D eigenvalue weighted by atomic mass is 16.5. The molecule has 24 heavy (non-hydrogen) atoms. The van der Waals surface area contributed by atoms with Crippen LogP contribution >= 0.6 is 0 Å². The van der Waals surface area contributed by atoms with Crippen LogP contribution in [0.15, 0.2) is 54.6 Å². The lowest BCUT2D eigenvalue weighted by molar-refractivity contribution is 0.0864. The van der Waals surface area contributed by atoms with E-state index < -0.39 is 0 Å². The second kappa shape index (κ2) is 6.45. The predicted octanol–water partition coefficient (Wildman–Crippen LogP) is 2.71. The molecule has 0 fully saturated rings. The third-order valence-corrected chi connectivity index (χ3v) is 3.75. The Balaban J connectivity index is 1.87. The quantitative estimate of drug-likeness (QED) is 0.509. The van der Waals surface area contributed by atoms with Crippen LogP contribution in [0.1, 0.15) is 16.1 Å². The van der Waals surface area contributed by atoms with Gasteiger partial charge in [0.25, 0.3) is 5.91 Å². The zero-order chi connectivity index (χ0) is 17.1. The summed E-state index contributed by atoms with van der Waals surface area (Å²) in [6, 6.07) is 17.2. The molecule has 0 spiro atoms. The first-order valence-corrected chi connectivity index (χ1v) is 7.47. The van der Waals surface area contributed by atoms with Crippen LogP contribution in [0.5, 0.6) is 5.75 Å². The second-order valence-electron chi connectivity index (χ2n) is 5.43. The minimum atomic E-state index is -0.368. The van der Waals surface area contributed by atoms with Gasteiger partial charge >= 0.3 is 0 Å². The van der Waals surface area contributed by atoms with Gasteiger partial charge in [0.15, 0.2) is 5.96 Å². The lowest BCUT2D eigenvalue weighted by atomic mass is 10.2. The van der Waals surface area contributed by atoms with Crippen molar-refractivity contribution in [2.45, 2.75) is 6.61 Å². The van der Waals surface area contributed by atoms with Crippen molar-refractivity contribution < 1.29 is 9.53 Å². The number of carbonyl (C=O) groups excluding carboxylic acids is 1. The number of guanidine groups is 1. The van der Waals surface area contributed by atoms with E-state index in [9.17, 15) is 4.79 Å². The zero-order valence-corrected chi connectivity index (χ0v) is 13.2. The molecule has 6 nitrogen and oxygen atoms in total. The van der Waals surface area contributed by atoms with Crippen LogP contribution in [0.25, 0.3) is 10.9 Å². The lowest BCUT2D eigenvalue weighted by Crippen LogP contribution is -2.38. The number of aromatic amines is 1. The topological polar surface area (TPSA) is 95.2 Å². The maximum Gasteiger partial charge on any atom is 0.276 e. The smallest absolute Gasteiger partial charge is 0.276 e. The van der Waals surface area contributed by atoms with Crippen molar-refractivity contribution in [1.82, 2.24) is 9.88 Å². The number of hydrogen-bond donors (Lipinski definition) is 3. The lowest BCUT2D eigenvalue weighted by Gasteiger charge is -2.12. The molecule has 0 bridgehead atoms. The Morgan fingerprint density at radius 2 is 1.96 bits per heavy atom. The summed E-state index contributed by atoms with van der Waals surface area (Å²) in [6.07, 6.45) is 0. The van der Waals surface area contributed by atoms with Crippen molar-refractivity contribution in [2.24, 2.45) is 5.73 Å². The first-order valence-electron chi connectivity index (χ1n) is 7.47. The fourth-order valence-corrected chi connectivity index (χ4v) is 2.39. The van der Waals surface area contributed by atoms with Gasteiger partial charge in [-0.15, -0.1) is 0 Å². The van der Waals surface area contributed by atoms with E-state index in [4.69, 9.17) is 15.9 Å². The number of nitrogens with zero attached hydrogens (tertiary/aromatic N) is 1. The SMILES string of the molecule is CN(C(=N)N)C(=O)c1cc2cccc(OCc3ccccc3)c2[nH]1. The summed E-state index contributed by atoms with van der Waals surface area (Å²) in [5, 5.41) is 8.22. The van der Waals surface area contributed by atoms with Crippen LogP contribution < -0.4 is 10.5 Å². The zero-order valence-electron chi connectivity index (χ0n) is 13.2. The Morgan fingerprint density at radius 1 is 1.21 bits per heavy atom. The van der Waals surface area contributed by atoms with E-state index in [0.717, 1.165) is 21.4 Å². The summed E-state index contributed by atoms with van der Waals surface area (Å²) in [5.74, 6) is -0.00667. The Morgan fingerprint density at radius 3 is 2.67 bits per heavy atom. The number of nitrogens with one attached hydrogen (secondary N) is 2. The van der Waals surface area contributed by atoms with E-state index >= 15 is 0 Å². The first-order chi connectivity index (χ1) is 11.6. The van der Waals surface area contributed by atoms with Crippen LogP contribution in [0.3, 0.4) is 0 Å². The highest BCUT2D eigenvalue weighted by Gasteiger charge is 2.17. The minimum absolute atomic E-state index is 0.306. The largest absolute Gasteiger partial charge is 0.487 e. The number of fused-ring (bicyclic) bond motifs is 1. The maximum absolute atomic E-state index is 12.3. The summed E-state index contributed by atoms with van der Waals surface area (Å²) >= 11 is 0. The average Bonchev–Trinajstić information content (AvgIpc) is 3.04. The monoisotopic (exact) mass is 322 g/mol. The second-order valence-corrected chi connectivity index (χ2v) is 5.43. The highest BCUT2D eigenvalue weighted by molar-refractivity contribution is 6.06. The van der Waals surface area contributed by atoms with Gasteiger partial charge in [0.05, 0.1) is 5.52 Å². The fourth-order valence-electron chi connectivity index (χ4n) is 2.39. The molecular weight excluding hydrogens is 304 g/mol. The van der Waals surface area contributed by atoms with Gasteiger partial charge in [-0.3, -0.25) is 15.1 Å². The van der Waals surface area contributed by atoms with Crippen LogP contribution in [-0.2, 0) is 6.61 Å². The van der Waals surface area contributed by atoms with E-state index in [0.29, 0.717) is 18.1 Å². The van der Waals surface area contributed by atoms with Gasteiger partial charge in [-0.05, 0) is 17.7 Å². The predicted molar refractivity (Wildman–Crippen MR) is 93.1 cm³/mol. The van der Waals surface area contributed by atoms with Gasteiger partial charge in [0.2, 0.25) is 0 Å². The standard InChI is InChI=1S/C18H18N4O2/c1-22(18(19)20)17(23)14-10-13-8-5-9-15(16(13)21-14)24-11-12-6-3-2-4-7-12/h2-10,21H,11H2,1H3,(H3,19,20). The van der Waals surface area contributed by atoms with E-state index in [1.807, 2.05) is 48.5 Å². The fraction of sp³-hybridized carbons (Fsp3) is 0.111. The number of para-hydroxylation sites is 1. The minimum Gasteiger partial charge on any atom is -0.487 e. The number of amides is 1. The van der Waals surface area contributed by atoms with Gasteiger partial charge in [-0.2, -0.15) is 0 Å². The molecule has 0 aliphatic heterocycles. The van der Waals surface area contributed by atoms with Crippen molar-refractivity contribution >= 4 is 22.8 Å². The van der Waals surface area contributed by atoms with E-state index in [-0.39, 0.29) is 11.9 Å². The molecule has 0 saturated carbocycles. The number of carbonyl (C=O) groups is 1. The molecule has 0 atom stereocenters. The van der Waals surface area contributed by atoms with Gasteiger partial charge < -0.3 is 15.5 Å². The normalized spacial score (nSPS) is 10.5. The van der Waals surface area contributed by atoms with Crippen molar-refractivity contribution in [1.29, 1.82) is 5.41 Å². The van der Waals surface area contributed by atoms with Crippen LogP contribution in [0.4, 0.5) is 0 Å². The van der Waals surface area contributed by atoms with Crippen molar-refractivity contribution in [3.05, 3.63) is 65.9 Å². The molecule has 3 aromatic rings. The molecule has 4 N–H and O–H groups in total. The van der Waals surface area contributed by atoms with E-state index in [1.54, 1.807) is 6.07 Å². The molecule has 0 aliphatic rings. The van der Waals surface area contributed by atoms with Gasteiger partial charge in [0, 0.05) is 12.4 Å². The third kappa shape index (κ3) is 3.08. The van der Waals surface area contributed by atoms with Crippen molar-refractivity contribution in [3.63, 3.8) is 0 Å². The summed E-state index contributed by atoms with van der Waals surface area (Å²) in [5.41, 5.74) is 7.53. The van der Waals surface area contributed by atoms with Gasteiger partial charge in [-0.1, -0.05) is 42.5 Å². The molecule has 1 amide bonds. The van der Waals surface area contributed by atoms with E-state index in [2.05, 4.69) is 4.98 Å². The van der Waals surface area contributed by atoms with Gasteiger partial charge in [-0.25, -0.2) is 0 Å². The summed E-state index contributed by atoms with van der Waals surface area (Å²) < 4.78 is 5.88. The number of ether oxygens (including phenoxy) is 1. The molecule has 1 aromatic heterocycles. The van der Waals surface area contributed by atoms with E-state index in [1.165, 1.54) is 7.05 Å². The van der Waals surface area contributed by atoms with Crippen LogP contribution in [0, 0.1) is 5.41 Å². The first kappa shape index (κ1) is 15.6. The third-order valence-electron chi connectivity index (χ3n) is 3.75. The number of H-pyrrole nitrogens is 1. The number of nitrogens with two attached hydrogens (primary N) is 1. The van der Waals surface area contributed by atoms with Gasteiger partial charge in [0.1, 0.15) is 18.1 Å². The van der Waals surface area contributed by atoms with Crippen molar-refractivity contribution in [2.75, 3.05) is 7.05 Å². The molecule has 0 unspecified atom stereocenters. The molecule has 6 heteroatoms. The number of benzene rings is 2. The summed E-state index contributed by atoms with van der Waals surface area (Å²) in [4.78, 5) is 16.4. The Hall–Kier alpha value is -3.28. The van der Waals surface area contributed by atoms with Crippen LogP contribution in [-0.4, -0.2) is 28.8 Å². The molecule has 0 radical (unpaired) electrons. The highest BCUT2D eigenvalue weighted by Crippen LogP contribution is 2.27. The maximum atomic E-state index is 12.3. The molecular formula is C18H18N4O2. The van der Waals surface area contributed by atoms with Crippen LogP contribution in [0.2, 0.25) is 0 Å². The number of aromatic nitrogens is 1.